The quantitative estimate of drug-likeness (QED) is 0.624. The smallest absolute Gasteiger partial charge is 0.337 e. The average molecular weight is 403 g/mol. The van der Waals surface area contributed by atoms with Gasteiger partial charge in [-0.2, -0.15) is 0 Å². The number of thiophene rings is 1. The lowest BCUT2D eigenvalue weighted by Gasteiger charge is -2.29. The molecule has 5 nitrogen and oxygen atoms in total. The second-order valence-corrected chi connectivity index (χ2v) is 8.73. The molecule has 3 aromatic rings. The summed E-state index contributed by atoms with van der Waals surface area (Å²) in [6, 6.07) is 6.78. The van der Waals surface area contributed by atoms with Gasteiger partial charge in [0.1, 0.15) is 4.83 Å². The van der Waals surface area contributed by atoms with Crippen molar-refractivity contribution in [3.8, 4) is 5.69 Å². The Hall–Kier alpha value is -2.15. The molecule has 0 bridgehead atoms. The predicted molar refractivity (Wildman–Crippen MR) is 109 cm³/mol. The maximum absolute atomic E-state index is 13.4. The highest BCUT2D eigenvalue weighted by molar-refractivity contribution is 7.18. The molecule has 0 saturated heterocycles. The average Bonchev–Trinajstić information content (AvgIpc) is 2.96. The zero-order valence-corrected chi connectivity index (χ0v) is 16.7. The van der Waals surface area contributed by atoms with Crippen LogP contribution in [0.1, 0.15) is 24.3 Å². The molecule has 4 rings (SSSR count). The summed E-state index contributed by atoms with van der Waals surface area (Å²) >= 11 is 7.55. The third kappa shape index (κ3) is 2.98. The van der Waals surface area contributed by atoms with Crippen molar-refractivity contribution in [2.45, 2.75) is 39.0 Å². The van der Waals surface area contributed by atoms with E-state index in [2.05, 4.69) is 6.58 Å². The summed E-state index contributed by atoms with van der Waals surface area (Å²) in [5, 5.41) is 1.06. The summed E-state index contributed by atoms with van der Waals surface area (Å²) in [6.07, 6.45) is 2.28. The van der Waals surface area contributed by atoms with Crippen molar-refractivity contribution in [2.75, 3.05) is 0 Å². The number of allylic oxidation sites excluding steroid dienone is 1. The monoisotopic (exact) mass is 402 g/mol. The number of ether oxygens (including phenoxy) is 1. The Balaban J connectivity index is 2.13. The highest BCUT2D eigenvalue weighted by atomic mass is 35.5. The van der Waals surface area contributed by atoms with Crippen LogP contribution in [0.2, 0.25) is 5.02 Å². The molecule has 0 atom stereocenters. The van der Waals surface area contributed by atoms with E-state index in [1.54, 1.807) is 34.9 Å². The summed E-state index contributed by atoms with van der Waals surface area (Å²) in [5.74, 6) is 0. The Kier molecular flexibility index (Phi) is 4.37. The van der Waals surface area contributed by atoms with Gasteiger partial charge < -0.3 is 4.74 Å². The molecule has 1 aromatic carbocycles. The molecule has 0 unspecified atom stereocenters. The molecule has 1 aliphatic rings. The van der Waals surface area contributed by atoms with Gasteiger partial charge in [-0.25, -0.2) is 9.36 Å². The Morgan fingerprint density at radius 1 is 1.37 bits per heavy atom. The first-order chi connectivity index (χ1) is 12.8. The van der Waals surface area contributed by atoms with Gasteiger partial charge in [-0.1, -0.05) is 23.7 Å². The lowest BCUT2D eigenvalue weighted by Crippen LogP contribution is -2.39. The van der Waals surface area contributed by atoms with Crippen molar-refractivity contribution in [1.29, 1.82) is 0 Å². The molecule has 1 aliphatic heterocycles. The highest BCUT2D eigenvalue weighted by Gasteiger charge is 2.32. The molecule has 0 N–H and O–H groups in total. The molecule has 0 fully saturated rings. The molecule has 2 aromatic heterocycles. The maximum Gasteiger partial charge on any atom is 0.337 e. The topological polar surface area (TPSA) is 53.2 Å². The largest absolute Gasteiger partial charge is 0.370 e. The Morgan fingerprint density at radius 3 is 2.85 bits per heavy atom. The number of fused-ring (bicyclic) bond motifs is 3. The molecule has 0 radical (unpaired) electrons. The van der Waals surface area contributed by atoms with Gasteiger partial charge in [0.2, 0.25) is 0 Å². The Bertz CT molecular complexity index is 1190. The van der Waals surface area contributed by atoms with Crippen LogP contribution in [0, 0.1) is 0 Å². The van der Waals surface area contributed by atoms with Gasteiger partial charge in [0.05, 0.1) is 23.3 Å². The zero-order chi connectivity index (χ0) is 19.3. The predicted octanol–water partition coefficient (Wildman–Crippen LogP) is 3.90. The van der Waals surface area contributed by atoms with Gasteiger partial charge in [-0.15, -0.1) is 17.9 Å². The van der Waals surface area contributed by atoms with E-state index in [9.17, 15) is 9.59 Å². The lowest BCUT2D eigenvalue weighted by atomic mass is 9.94. The fourth-order valence-corrected chi connectivity index (χ4v) is 4.90. The third-order valence-corrected chi connectivity index (χ3v) is 6.19. The number of hydrogen-bond acceptors (Lipinski definition) is 4. The first-order valence-corrected chi connectivity index (χ1v) is 9.83. The minimum absolute atomic E-state index is 0.312. The van der Waals surface area contributed by atoms with Crippen LogP contribution in [0.4, 0.5) is 0 Å². The van der Waals surface area contributed by atoms with Crippen LogP contribution in [0.15, 0.2) is 46.5 Å². The number of halogens is 1. The van der Waals surface area contributed by atoms with Crippen LogP contribution in [-0.4, -0.2) is 14.7 Å². The van der Waals surface area contributed by atoms with E-state index >= 15 is 0 Å². The van der Waals surface area contributed by atoms with Gasteiger partial charge in [0, 0.05) is 22.9 Å². The Morgan fingerprint density at radius 2 is 2.15 bits per heavy atom. The van der Waals surface area contributed by atoms with Gasteiger partial charge in [-0.3, -0.25) is 9.36 Å². The van der Waals surface area contributed by atoms with Crippen LogP contribution in [-0.2, 0) is 24.3 Å². The minimum Gasteiger partial charge on any atom is -0.370 e. The summed E-state index contributed by atoms with van der Waals surface area (Å²) in [7, 11) is 0. The highest BCUT2D eigenvalue weighted by Crippen LogP contribution is 2.37. The molecule has 0 spiro atoms. The normalized spacial score (nSPS) is 15.7. The molecular weight excluding hydrogens is 384 g/mol. The lowest BCUT2D eigenvalue weighted by molar-refractivity contribution is -0.0379. The maximum atomic E-state index is 13.4. The van der Waals surface area contributed by atoms with E-state index in [0.717, 1.165) is 10.4 Å². The summed E-state index contributed by atoms with van der Waals surface area (Å²) in [6.45, 7) is 8.54. The zero-order valence-electron chi connectivity index (χ0n) is 15.1. The second-order valence-electron chi connectivity index (χ2n) is 7.21. The molecule has 140 valence electrons. The third-order valence-electron chi connectivity index (χ3n) is 4.73. The Labute approximate surface area is 165 Å². The van der Waals surface area contributed by atoms with Crippen LogP contribution in [0.5, 0.6) is 0 Å². The summed E-state index contributed by atoms with van der Waals surface area (Å²) < 4.78 is 8.70. The van der Waals surface area contributed by atoms with Crippen molar-refractivity contribution >= 4 is 33.2 Å². The van der Waals surface area contributed by atoms with Gasteiger partial charge >= 0.3 is 5.69 Å². The molecule has 27 heavy (non-hydrogen) atoms. The van der Waals surface area contributed by atoms with E-state index in [4.69, 9.17) is 16.3 Å². The van der Waals surface area contributed by atoms with Crippen molar-refractivity contribution in [3.05, 3.63) is 73.2 Å². The first kappa shape index (κ1) is 18.2. The number of rotatable bonds is 3. The number of hydrogen-bond donors (Lipinski definition) is 0. The van der Waals surface area contributed by atoms with Crippen LogP contribution >= 0.6 is 22.9 Å². The standard InChI is InChI=1S/C20H19ClN2O3S/c1-4-8-22-18-16(14-10-20(2,3)26-11-15(14)27-18)17(24)23(19(22)25)13-7-5-6-12(21)9-13/h4-7,9H,1,8,10-11H2,2-3H3. The van der Waals surface area contributed by atoms with Gasteiger partial charge in [0.25, 0.3) is 5.56 Å². The fourth-order valence-electron chi connectivity index (χ4n) is 3.49. The van der Waals surface area contributed by atoms with Crippen LogP contribution in [0.3, 0.4) is 0 Å². The van der Waals surface area contributed by atoms with E-state index in [-0.39, 0.29) is 11.2 Å². The van der Waals surface area contributed by atoms with Gasteiger partial charge in [0.15, 0.2) is 0 Å². The minimum atomic E-state index is -0.395. The fraction of sp³-hybridized carbons (Fsp3) is 0.300. The van der Waals surface area contributed by atoms with Crippen LogP contribution < -0.4 is 11.2 Å². The summed E-state index contributed by atoms with van der Waals surface area (Å²) in [5.41, 5.74) is 0.378. The first-order valence-electron chi connectivity index (χ1n) is 8.63. The van der Waals surface area contributed by atoms with Crippen molar-refractivity contribution < 1.29 is 4.74 Å². The second kappa shape index (κ2) is 6.48. The number of benzene rings is 1. The molecule has 0 amide bonds. The number of nitrogens with zero attached hydrogens (tertiary/aromatic N) is 2. The van der Waals surface area contributed by atoms with E-state index in [0.29, 0.717) is 40.5 Å². The van der Waals surface area contributed by atoms with Crippen molar-refractivity contribution in [2.24, 2.45) is 0 Å². The van der Waals surface area contributed by atoms with Crippen molar-refractivity contribution in [1.82, 2.24) is 9.13 Å². The van der Waals surface area contributed by atoms with Crippen molar-refractivity contribution in [3.63, 3.8) is 0 Å². The molecule has 3 heterocycles. The molecule has 0 aliphatic carbocycles. The van der Waals surface area contributed by atoms with Crippen LogP contribution in [0.25, 0.3) is 15.9 Å². The van der Waals surface area contributed by atoms with E-state index in [1.807, 2.05) is 13.8 Å². The van der Waals surface area contributed by atoms with E-state index in [1.165, 1.54) is 15.9 Å². The summed E-state index contributed by atoms with van der Waals surface area (Å²) in [4.78, 5) is 28.2. The number of aromatic nitrogens is 2. The molecule has 7 heteroatoms. The van der Waals surface area contributed by atoms with E-state index < -0.39 is 5.69 Å². The molecule has 0 saturated carbocycles. The SMILES string of the molecule is C=CCn1c(=O)n(-c2cccc(Cl)c2)c(=O)c2c3c(sc21)COC(C)(C)C3. The molecular formula is C20H19ClN2O3S. The van der Waals surface area contributed by atoms with Gasteiger partial charge in [-0.05, 0) is 37.6 Å².